The van der Waals surface area contributed by atoms with Crippen molar-refractivity contribution in [3.8, 4) is 22.8 Å². The van der Waals surface area contributed by atoms with Gasteiger partial charge in [-0.1, -0.05) is 18.2 Å². The lowest BCUT2D eigenvalue weighted by Crippen LogP contribution is -2.64. The Labute approximate surface area is 226 Å². The van der Waals surface area contributed by atoms with Crippen molar-refractivity contribution in [2.45, 2.75) is 24.7 Å². The van der Waals surface area contributed by atoms with Gasteiger partial charge < -0.3 is 15.8 Å². The Kier molecular flexibility index (Phi) is 6.38. The Hall–Kier alpha value is -3.60. The lowest BCUT2D eigenvalue weighted by atomic mass is 9.96. The maximum Gasteiger partial charge on any atom is 0.164 e. The summed E-state index contributed by atoms with van der Waals surface area (Å²) in [4.78, 5) is 13.5. The molecule has 5 heterocycles. The second kappa shape index (κ2) is 10.2. The number of anilines is 1. The number of likely N-dealkylation sites (tertiary alicyclic amines) is 2. The van der Waals surface area contributed by atoms with Crippen molar-refractivity contribution in [2.75, 3.05) is 51.5 Å². The molecule has 2 aromatic carbocycles. The summed E-state index contributed by atoms with van der Waals surface area (Å²) >= 11 is 0. The summed E-state index contributed by atoms with van der Waals surface area (Å²) < 4.78 is 23.4. The standard InChI is InChI=1S/C29H33FN8O/c30-24-17-37(21-15-36(16-21)14-19-12-32-13-19)11-10-25(24)38-29-26(28(31)33-18-34-29)27(35-38)20-6-8-23(9-7-20)39-22-4-2-1-3-5-22/h1-9,18-19,21,24-25,32H,10-17H2,(H2,31,33,34)/t24-,25-/m1/s1. The quantitative estimate of drug-likeness (QED) is 0.377. The molecular formula is C29H33FN8O. The number of hydrogen-bond acceptors (Lipinski definition) is 8. The Morgan fingerprint density at radius 1 is 0.974 bits per heavy atom. The number of nitrogens with one attached hydrogen (secondary N) is 1. The van der Waals surface area contributed by atoms with Gasteiger partial charge in [-0.25, -0.2) is 19.0 Å². The first-order valence-electron chi connectivity index (χ1n) is 13.8. The van der Waals surface area contributed by atoms with Gasteiger partial charge in [-0.15, -0.1) is 0 Å². The van der Waals surface area contributed by atoms with E-state index in [2.05, 4.69) is 25.1 Å². The minimum absolute atomic E-state index is 0.343. The lowest BCUT2D eigenvalue weighted by molar-refractivity contribution is -0.0201. The molecule has 0 spiro atoms. The number of halogens is 1. The van der Waals surface area contributed by atoms with Gasteiger partial charge in [-0.05, 0) is 48.7 Å². The Morgan fingerprint density at radius 2 is 1.74 bits per heavy atom. The van der Waals surface area contributed by atoms with E-state index in [1.165, 1.54) is 6.33 Å². The topological polar surface area (TPSA) is 97.4 Å². The second-order valence-corrected chi connectivity index (χ2v) is 11.0. The Bertz CT molecular complexity index is 1440. The molecule has 4 aromatic rings. The third-order valence-electron chi connectivity index (χ3n) is 8.31. The number of ether oxygens (including phenoxy) is 1. The van der Waals surface area contributed by atoms with E-state index < -0.39 is 12.2 Å². The van der Waals surface area contributed by atoms with E-state index in [0.717, 1.165) is 56.5 Å². The first kappa shape index (κ1) is 24.4. The van der Waals surface area contributed by atoms with E-state index in [1.54, 1.807) is 4.68 Å². The summed E-state index contributed by atoms with van der Waals surface area (Å²) in [6.45, 7) is 6.74. The SMILES string of the molecule is Nc1ncnc2c1c(-c1ccc(Oc3ccccc3)cc1)nn2[C@@H]1CCN(C2CN(CC3CNC3)C2)C[C@H]1F. The van der Waals surface area contributed by atoms with Crippen molar-refractivity contribution in [1.82, 2.24) is 34.9 Å². The average molecular weight is 529 g/mol. The van der Waals surface area contributed by atoms with E-state index in [1.807, 2.05) is 54.6 Å². The molecule has 3 aliphatic rings. The molecule has 2 atom stereocenters. The van der Waals surface area contributed by atoms with Crippen molar-refractivity contribution in [3.63, 3.8) is 0 Å². The van der Waals surface area contributed by atoms with Crippen LogP contribution >= 0.6 is 0 Å². The fourth-order valence-corrected chi connectivity index (χ4v) is 6.02. The van der Waals surface area contributed by atoms with Crippen LogP contribution in [-0.4, -0.2) is 87.6 Å². The lowest BCUT2D eigenvalue weighted by Gasteiger charge is -2.49. The van der Waals surface area contributed by atoms with E-state index in [0.29, 0.717) is 47.3 Å². The summed E-state index contributed by atoms with van der Waals surface area (Å²) in [6.07, 6.45) is 1.06. The van der Waals surface area contributed by atoms with Gasteiger partial charge in [-0.2, -0.15) is 5.10 Å². The van der Waals surface area contributed by atoms with Crippen LogP contribution in [0.2, 0.25) is 0 Å². The molecule has 10 heteroatoms. The number of para-hydroxylation sites is 1. The number of nitrogen functional groups attached to an aromatic ring is 1. The molecule has 0 radical (unpaired) electrons. The first-order chi connectivity index (χ1) is 19.1. The Morgan fingerprint density at radius 3 is 2.46 bits per heavy atom. The number of aromatic nitrogens is 4. The highest BCUT2D eigenvalue weighted by Gasteiger charge is 2.40. The van der Waals surface area contributed by atoms with Crippen LogP contribution in [0.15, 0.2) is 60.9 Å². The molecule has 3 saturated heterocycles. The van der Waals surface area contributed by atoms with Crippen molar-refractivity contribution in [1.29, 1.82) is 0 Å². The van der Waals surface area contributed by atoms with Gasteiger partial charge in [0, 0.05) is 57.4 Å². The number of benzene rings is 2. The molecule has 0 bridgehead atoms. The number of nitrogens with zero attached hydrogens (tertiary/aromatic N) is 6. The van der Waals surface area contributed by atoms with Crippen LogP contribution in [0.25, 0.3) is 22.3 Å². The molecule has 0 saturated carbocycles. The van der Waals surface area contributed by atoms with Crippen LogP contribution < -0.4 is 15.8 Å². The maximum absolute atomic E-state index is 15.8. The smallest absolute Gasteiger partial charge is 0.164 e. The molecule has 0 aliphatic carbocycles. The summed E-state index contributed by atoms with van der Waals surface area (Å²) in [5, 5.41) is 8.89. The third kappa shape index (κ3) is 4.73. The molecule has 39 heavy (non-hydrogen) atoms. The number of nitrogens with two attached hydrogens (primary N) is 1. The van der Waals surface area contributed by atoms with Crippen LogP contribution in [0.5, 0.6) is 11.5 Å². The van der Waals surface area contributed by atoms with Gasteiger partial charge in [0.25, 0.3) is 0 Å². The predicted molar refractivity (Wildman–Crippen MR) is 148 cm³/mol. The molecule has 9 nitrogen and oxygen atoms in total. The van der Waals surface area contributed by atoms with Gasteiger partial charge >= 0.3 is 0 Å². The van der Waals surface area contributed by atoms with Crippen LogP contribution in [0, 0.1) is 5.92 Å². The third-order valence-corrected chi connectivity index (χ3v) is 8.31. The van der Waals surface area contributed by atoms with Gasteiger partial charge in [0.1, 0.15) is 35.5 Å². The van der Waals surface area contributed by atoms with Gasteiger partial charge in [-0.3, -0.25) is 9.80 Å². The zero-order valence-corrected chi connectivity index (χ0v) is 21.8. The number of fused-ring (bicyclic) bond motifs is 1. The molecule has 202 valence electrons. The summed E-state index contributed by atoms with van der Waals surface area (Å²) in [5.41, 5.74) is 8.40. The fraction of sp³-hybridized carbons (Fsp3) is 0.414. The molecule has 3 aliphatic heterocycles. The van der Waals surface area contributed by atoms with E-state index in [-0.39, 0.29) is 0 Å². The van der Waals surface area contributed by atoms with Crippen molar-refractivity contribution >= 4 is 16.9 Å². The van der Waals surface area contributed by atoms with Crippen molar-refractivity contribution < 1.29 is 9.13 Å². The minimum Gasteiger partial charge on any atom is -0.457 e. The summed E-state index contributed by atoms with van der Waals surface area (Å²) in [7, 11) is 0. The zero-order valence-electron chi connectivity index (χ0n) is 21.8. The molecule has 0 amide bonds. The molecule has 7 rings (SSSR count). The Balaban J connectivity index is 1.09. The van der Waals surface area contributed by atoms with E-state index >= 15 is 4.39 Å². The van der Waals surface area contributed by atoms with Gasteiger partial charge in [0.15, 0.2) is 5.65 Å². The van der Waals surface area contributed by atoms with E-state index in [4.69, 9.17) is 15.6 Å². The van der Waals surface area contributed by atoms with Crippen LogP contribution in [0.1, 0.15) is 12.5 Å². The number of hydrogen-bond donors (Lipinski definition) is 2. The largest absolute Gasteiger partial charge is 0.457 e. The van der Waals surface area contributed by atoms with Crippen LogP contribution in [0.4, 0.5) is 10.2 Å². The predicted octanol–water partition coefficient (Wildman–Crippen LogP) is 3.36. The molecule has 3 N–H and O–H groups in total. The summed E-state index contributed by atoms with van der Waals surface area (Å²) in [5.74, 6) is 2.60. The van der Waals surface area contributed by atoms with Crippen LogP contribution in [0.3, 0.4) is 0 Å². The normalized spacial score (nSPS) is 23.0. The highest BCUT2D eigenvalue weighted by atomic mass is 19.1. The maximum atomic E-state index is 15.8. The zero-order chi connectivity index (χ0) is 26.3. The highest BCUT2D eigenvalue weighted by molar-refractivity contribution is 5.98. The van der Waals surface area contributed by atoms with Gasteiger partial charge in [0.05, 0.1) is 11.4 Å². The molecule has 0 unspecified atom stereocenters. The molecular weight excluding hydrogens is 495 g/mol. The molecule has 2 aromatic heterocycles. The monoisotopic (exact) mass is 528 g/mol. The van der Waals surface area contributed by atoms with Gasteiger partial charge in [0.2, 0.25) is 0 Å². The molecule has 3 fully saturated rings. The van der Waals surface area contributed by atoms with Crippen LogP contribution in [-0.2, 0) is 0 Å². The number of alkyl halides is 1. The number of rotatable bonds is 7. The highest BCUT2D eigenvalue weighted by Crippen LogP contribution is 2.36. The van der Waals surface area contributed by atoms with Crippen molar-refractivity contribution in [3.05, 3.63) is 60.9 Å². The second-order valence-electron chi connectivity index (χ2n) is 11.0. The number of piperidine rings is 1. The minimum atomic E-state index is -1.04. The average Bonchev–Trinajstić information content (AvgIpc) is 3.29. The van der Waals surface area contributed by atoms with E-state index in [9.17, 15) is 0 Å². The first-order valence-corrected chi connectivity index (χ1v) is 13.8. The summed E-state index contributed by atoms with van der Waals surface area (Å²) in [6, 6.07) is 17.4. The fourth-order valence-electron chi connectivity index (χ4n) is 6.02. The van der Waals surface area contributed by atoms with Crippen molar-refractivity contribution in [2.24, 2.45) is 5.92 Å².